The predicted molar refractivity (Wildman–Crippen MR) is 50.5 cm³/mol. The standard InChI is InChI=1S/C6H7IN2O2/c7-9(8)6-4(10)2-1-3-5(6)11/h1-3,10-11H,8H2. The fraction of sp³-hybridized carbons (Fsp3) is 0. The molecule has 1 aromatic rings. The van der Waals surface area contributed by atoms with Gasteiger partial charge in [-0.2, -0.15) is 0 Å². The Labute approximate surface area is 77.7 Å². The number of nitrogens with two attached hydrogens (primary N) is 1. The number of hydrazine groups is 1. The van der Waals surface area contributed by atoms with Crippen molar-refractivity contribution >= 4 is 28.6 Å². The number of nitrogens with zero attached hydrogens (tertiary/aromatic N) is 1. The number of aromatic hydroxyl groups is 2. The van der Waals surface area contributed by atoms with Gasteiger partial charge in [0.2, 0.25) is 0 Å². The van der Waals surface area contributed by atoms with E-state index in [0.717, 1.165) is 3.22 Å². The molecule has 0 aliphatic heterocycles. The van der Waals surface area contributed by atoms with Crippen molar-refractivity contribution in [1.29, 1.82) is 0 Å². The summed E-state index contributed by atoms with van der Waals surface area (Å²) in [7, 11) is 0. The maximum Gasteiger partial charge on any atom is 0.146 e. The molecular formula is C6H7IN2O2. The summed E-state index contributed by atoms with van der Waals surface area (Å²) in [5.41, 5.74) is 0.216. The van der Waals surface area contributed by atoms with Crippen molar-refractivity contribution in [1.82, 2.24) is 0 Å². The van der Waals surface area contributed by atoms with Gasteiger partial charge in [-0.1, -0.05) is 6.07 Å². The lowest BCUT2D eigenvalue weighted by molar-refractivity contribution is 0.453. The van der Waals surface area contributed by atoms with Crippen LogP contribution in [0.4, 0.5) is 5.69 Å². The van der Waals surface area contributed by atoms with Gasteiger partial charge in [-0.05, 0) is 12.1 Å². The lowest BCUT2D eigenvalue weighted by Gasteiger charge is -2.11. The fourth-order valence-corrected chi connectivity index (χ4v) is 1.23. The summed E-state index contributed by atoms with van der Waals surface area (Å²) >= 11 is 1.75. The summed E-state index contributed by atoms with van der Waals surface area (Å²) in [6, 6.07) is 4.44. The van der Waals surface area contributed by atoms with Crippen molar-refractivity contribution in [2.75, 3.05) is 3.22 Å². The molecule has 0 unspecified atom stereocenters. The summed E-state index contributed by atoms with van der Waals surface area (Å²) in [4.78, 5) is 0. The number of phenolic OH excluding ortho intramolecular Hbond substituents is 2. The van der Waals surface area contributed by atoms with E-state index in [0.29, 0.717) is 0 Å². The zero-order valence-corrected chi connectivity index (χ0v) is 7.69. The van der Waals surface area contributed by atoms with Crippen LogP contribution in [-0.4, -0.2) is 10.2 Å². The highest BCUT2D eigenvalue weighted by Crippen LogP contribution is 2.35. The molecule has 0 aliphatic rings. The molecule has 0 fully saturated rings. The second kappa shape index (κ2) is 3.14. The average molecular weight is 266 g/mol. The first-order valence-electron chi connectivity index (χ1n) is 2.84. The monoisotopic (exact) mass is 266 g/mol. The van der Waals surface area contributed by atoms with Gasteiger partial charge in [0.15, 0.2) is 0 Å². The first-order chi connectivity index (χ1) is 5.13. The molecule has 0 heterocycles. The molecule has 0 amide bonds. The molecule has 11 heavy (non-hydrogen) atoms. The van der Waals surface area contributed by atoms with E-state index >= 15 is 0 Å². The number of hydrogen-bond acceptors (Lipinski definition) is 4. The van der Waals surface area contributed by atoms with Crippen molar-refractivity contribution in [3.8, 4) is 11.5 Å². The first-order valence-corrected chi connectivity index (χ1v) is 3.81. The summed E-state index contributed by atoms with van der Waals surface area (Å²) in [6.45, 7) is 0. The molecule has 1 aromatic carbocycles. The third kappa shape index (κ3) is 1.66. The highest BCUT2D eigenvalue weighted by molar-refractivity contribution is 14.1. The minimum absolute atomic E-state index is 0.0399. The van der Waals surface area contributed by atoms with Crippen LogP contribution in [0, 0.1) is 0 Å². The van der Waals surface area contributed by atoms with E-state index in [1.165, 1.54) is 18.2 Å². The normalized spacial score (nSPS) is 9.64. The van der Waals surface area contributed by atoms with Crippen LogP contribution < -0.4 is 9.06 Å². The topological polar surface area (TPSA) is 69.7 Å². The molecule has 0 saturated carbocycles. The van der Waals surface area contributed by atoms with Crippen molar-refractivity contribution in [2.24, 2.45) is 5.84 Å². The smallest absolute Gasteiger partial charge is 0.146 e. The van der Waals surface area contributed by atoms with E-state index in [9.17, 15) is 10.2 Å². The molecule has 4 nitrogen and oxygen atoms in total. The quantitative estimate of drug-likeness (QED) is 0.308. The van der Waals surface area contributed by atoms with Crippen LogP contribution in [-0.2, 0) is 0 Å². The Kier molecular flexibility index (Phi) is 2.40. The van der Waals surface area contributed by atoms with Crippen molar-refractivity contribution in [2.45, 2.75) is 0 Å². The number of benzene rings is 1. The molecule has 0 radical (unpaired) electrons. The van der Waals surface area contributed by atoms with Crippen molar-refractivity contribution in [3.63, 3.8) is 0 Å². The molecule has 5 heteroatoms. The van der Waals surface area contributed by atoms with Crippen molar-refractivity contribution in [3.05, 3.63) is 18.2 Å². The summed E-state index contributed by atoms with van der Waals surface area (Å²) in [5, 5.41) is 18.4. The number of rotatable bonds is 1. The van der Waals surface area contributed by atoms with Crippen LogP contribution in [0.15, 0.2) is 18.2 Å². The first kappa shape index (κ1) is 8.41. The maximum atomic E-state index is 9.18. The molecule has 0 aliphatic carbocycles. The molecule has 0 aromatic heterocycles. The largest absolute Gasteiger partial charge is 0.506 e. The van der Waals surface area contributed by atoms with Gasteiger partial charge in [-0.25, -0.2) is 9.06 Å². The molecule has 0 bridgehead atoms. The Morgan fingerprint density at radius 3 is 2.00 bits per heavy atom. The Bertz CT molecular complexity index is 245. The number of para-hydroxylation sites is 1. The molecule has 60 valence electrons. The Hall–Kier alpha value is -0.690. The maximum absolute atomic E-state index is 9.18. The second-order valence-corrected chi connectivity index (χ2v) is 3.00. The van der Waals surface area contributed by atoms with Crippen LogP contribution in [0.3, 0.4) is 0 Å². The van der Waals surface area contributed by atoms with E-state index < -0.39 is 0 Å². The zero-order chi connectivity index (χ0) is 8.43. The fourth-order valence-electron chi connectivity index (χ4n) is 0.738. The molecular weight excluding hydrogens is 259 g/mol. The molecule has 0 atom stereocenters. The summed E-state index contributed by atoms with van der Waals surface area (Å²) in [6.07, 6.45) is 0. The minimum Gasteiger partial charge on any atom is -0.506 e. The minimum atomic E-state index is -0.0399. The average Bonchev–Trinajstić information content (AvgIpc) is 1.85. The lowest BCUT2D eigenvalue weighted by atomic mass is 10.3. The number of halogens is 1. The molecule has 4 N–H and O–H groups in total. The van der Waals surface area contributed by atoms with Crippen LogP contribution in [0.5, 0.6) is 11.5 Å². The number of hydrogen-bond donors (Lipinski definition) is 3. The highest BCUT2D eigenvalue weighted by Gasteiger charge is 2.09. The van der Waals surface area contributed by atoms with Crippen LogP contribution in [0.25, 0.3) is 0 Å². The Morgan fingerprint density at radius 1 is 1.27 bits per heavy atom. The van der Waals surface area contributed by atoms with Gasteiger partial charge in [-0.3, -0.25) is 0 Å². The van der Waals surface area contributed by atoms with Crippen LogP contribution >= 0.6 is 22.9 Å². The number of anilines is 1. The SMILES string of the molecule is NN(I)c1c(O)cccc1O. The van der Waals surface area contributed by atoms with Gasteiger partial charge in [0.05, 0.1) is 22.9 Å². The third-order valence-electron chi connectivity index (χ3n) is 1.21. The van der Waals surface area contributed by atoms with Crippen LogP contribution in [0.2, 0.25) is 0 Å². The predicted octanol–water partition coefficient (Wildman–Crippen LogP) is 1.13. The summed E-state index contributed by atoms with van der Waals surface area (Å²) < 4.78 is 1.13. The van der Waals surface area contributed by atoms with Gasteiger partial charge < -0.3 is 10.2 Å². The molecule has 0 spiro atoms. The van der Waals surface area contributed by atoms with Gasteiger partial charge >= 0.3 is 0 Å². The van der Waals surface area contributed by atoms with Gasteiger partial charge in [-0.15, -0.1) is 0 Å². The van der Waals surface area contributed by atoms with E-state index in [4.69, 9.17) is 5.84 Å². The zero-order valence-electron chi connectivity index (χ0n) is 5.53. The van der Waals surface area contributed by atoms with Gasteiger partial charge in [0.25, 0.3) is 0 Å². The van der Waals surface area contributed by atoms with E-state index in [1.807, 2.05) is 0 Å². The van der Waals surface area contributed by atoms with Crippen LogP contribution in [0.1, 0.15) is 0 Å². The lowest BCUT2D eigenvalue weighted by Crippen LogP contribution is -2.17. The summed E-state index contributed by atoms with van der Waals surface area (Å²) in [5.74, 6) is 5.24. The number of phenols is 2. The van der Waals surface area contributed by atoms with E-state index in [1.54, 1.807) is 22.9 Å². The Morgan fingerprint density at radius 2 is 1.73 bits per heavy atom. The van der Waals surface area contributed by atoms with Crippen molar-refractivity contribution < 1.29 is 10.2 Å². The second-order valence-electron chi connectivity index (χ2n) is 1.96. The van der Waals surface area contributed by atoms with E-state index in [-0.39, 0.29) is 17.2 Å². The van der Waals surface area contributed by atoms with Gasteiger partial charge in [0, 0.05) is 0 Å². The Balaban J connectivity index is 3.21. The highest BCUT2D eigenvalue weighted by atomic mass is 127. The molecule has 1 rings (SSSR count). The van der Waals surface area contributed by atoms with Gasteiger partial charge in [0.1, 0.15) is 17.2 Å². The molecule has 0 saturated heterocycles. The van der Waals surface area contributed by atoms with E-state index in [2.05, 4.69) is 0 Å². The third-order valence-corrected chi connectivity index (χ3v) is 1.69.